The average molecular weight is 431 g/mol. The fraction of sp³-hybridized carbons (Fsp3) is 0.250. The number of hydrogen-bond donors (Lipinski definition) is 3. The van der Waals surface area contributed by atoms with Crippen LogP contribution in [0, 0.1) is 0 Å². The smallest absolute Gasteiger partial charge is 0.322 e. The Morgan fingerprint density at radius 3 is 2.43 bits per heavy atom. The molecule has 0 unspecified atom stereocenters. The molecule has 0 bridgehead atoms. The van der Waals surface area contributed by atoms with Crippen LogP contribution in [-0.4, -0.2) is 50.2 Å². The molecule has 0 aromatic heterocycles. The van der Waals surface area contributed by atoms with Crippen LogP contribution >= 0.6 is 0 Å². The van der Waals surface area contributed by atoms with Gasteiger partial charge in [0, 0.05) is 17.8 Å². The molecule has 0 radical (unpaired) electrons. The Morgan fingerprint density at radius 2 is 1.80 bits per heavy atom. The van der Waals surface area contributed by atoms with Gasteiger partial charge in [-0.3, -0.25) is 18.7 Å². The van der Waals surface area contributed by atoms with Crippen LogP contribution in [0.15, 0.2) is 48.5 Å². The van der Waals surface area contributed by atoms with Crippen LogP contribution in [0.2, 0.25) is 0 Å². The zero-order valence-corrected chi connectivity index (χ0v) is 16.8. The standard InChI is InChI=1S/C20H21N3O6S/c24-18(21-13-19(25)26)11-14-5-7-16(8-6-14)22-20(27)15-3-1-4-17(12-15)23-9-2-10-30(23,28)29/h1,3-8,12H,2,9-11,13H2,(H,21,24)(H,22,27)(H,25,26). The minimum absolute atomic E-state index is 0.0217. The molecule has 0 atom stereocenters. The predicted molar refractivity (Wildman–Crippen MR) is 111 cm³/mol. The second-order valence-corrected chi connectivity index (χ2v) is 8.80. The summed E-state index contributed by atoms with van der Waals surface area (Å²) in [5, 5.41) is 13.6. The van der Waals surface area contributed by atoms with Crippen LogP contribution in [0.4, 0.5) is 11.4 Å². The Bertz CT molecular complexity index is 1070. The number of carbonyl (C=O) groups is 3. The minimum atomic E-state index is -3.33. The number of hydrogen-bond acceptors (Lipinski definition) is 5. The summed E-state index contributed by atoms with van der Waals surface area (Å²) in [4.78, 5) is 34.7. The molecule has 0 saturated carbocycles. The fourth-order valence-electron chi connectivity index (χ4n) is 3.06. The summed E-state index contributed by atoms with van der Waals surface area (Å²) in [6.45, 7) is -0.0420. The van der Waals surface area contributed by atoms with Crippen molar-refractivity contribution in [1.29, 1.82) is 0 Å². The topological polar surface area (TPSA) is 133 Å². The van der Waals surface area contributed by atoms with Gasteiger partial charge in [0.2, 0.25) is 15.9 Å². The first-order valence-electron chi connectivity index (χ1n) is 9.24. The monoisotopic (exact) mass is 431 g/mol. The molecule has 9 nitrogen and oxygen atoms in total. The number of rotatable bonds is 7. The van der Waals surface area contributed by atoms with Crippen molar-refractivity contribution in [3.63, 3.8) is 0 Å². The molecule has 2 aromatic carbocycles. The van der Waals surface area contributed by atoms with E-state index in [1.807, 2.05) is 0 Å². The summed E-state index contributed by atoms with van der Waals surface area (Å²) in [6.07, 6.45) is 0.577. The van der Waals surface area contributed by atoms with Gasteiger partial charge < -0.3 is 15.7 Å². The van der Waals surface area contributed by atoms with E-state index in [1.54, 1.807) is 48.5 Å². The molecule has 1 heterocycles. The van der Waals surface area contributed by atoms with Crippen molar-refractivity contribution < 1.29 is 27.9 Å². The molecule has 10 heteroatoms. The van der Waals surface area contributed by atoms with Crippen LogP contribution in [0.3, 0.4) is 0 Å². The number of nitrogens with zero attached hydrogens (tertiary/aromatic N) is 1. The number of aliphatic carboxylic acids is 1. The molecule has 2 amide bonds. The van der Waals surface area contributed by atoms with Crippen molar-refractivity contribution >= 4 is 39.2 Å². The van der Waals surface area contributed by atoms with Crippen molar-refractivity contribution in [3.05, 3.63) is 59.7 Å². The zero-order chi connectivity index (χ0) is 21.7. The highest BCUT2D eigenvalue weighted by Gasteiger charge is 2.28. The first-order valence-corrected chi connectivity index (χ1v) is 10.8. The molecule has 3 N–H and O–H groups in total. The minimum Gasteiger partial charge on any atom is -0.480 e. The third-order valence-electron chi connectivity index (χ3n) is 4.51. The van der Waals surface area contributed by atoms with Crippen molar-refractivity contribution in [2.75, 3.05) is 28.5 Å². The summed E-state index contributed by atoms with van der Waals surface area (Å²) in [6, 6.07) is 13.0. The number of benzene rings is 2. The van der Waals surface area contributed by atoms with Gasteiger partial charge in [0.25, 0.3) is 5.91 Å². The lowest BCUT2D eigenvalue weighted by atomic mass is 10.1. The largest absolute Gasteiger partial charge is 0.480 e. The van der Waals surface area contributed by atoms with Gasteiger partial charge in [0.05, 0.1) is 17.9 Å². The second kappa shape index (κ2) is 8.95. The maximum absolute atomic E-state index is 12.6. The van der Waals surface area contributed by atoms with E-state index in [0.29, 0.717) is 35.5 Å². The SMILES string of the molecule is O=C(O)CNC(=O)Cc1ccc(NC(=O)c2cccc(N3CCCS3(=O)=O)c2)cc1. The Kier molecular flexibility index (Phi) is 6.36. The van der Waals surface area contributed by atoms with E-state index in [9.17, 15) is 22.8 Å². The van der Waals surface area contributed by atoms with Crippen LogP contribution in [-0.2, 0) is 26.0 Å². The lowest BCUT2D eigenvalue weighted by Gasteiger charge is -2.17. The maximum atomic E-state index is 12.6. The molecule has 30 heavy (non-hydrogen) atoms. The zero-order valence-electron chi connectivity index (χ0n) is 16.0. The van der Waals surface area contributed by atoms with Crippen molar-refractivity contribution in [1.82, 2.24) is 5.32 Å². The summed E-state index contributed by atoms with van der Waals surface area (Å²) in [5.41, 5.74) is 1.96. The quantitative estimate of drug-likeness (QED) is 0.604. The van der Waals surface area contributed by atoms with E-state index in [4.69, 9.17) is 5.11 Å². The number of nitrogens with one attached hydrogen (secondary N) is 2. The highest BCUT2D eigenvalue weighted by atomic mass is 32.2. The lowest BCUT2D eigenvalue weighted by molar-refractivity contribution is -0.137. The van der Waals surface area contributed by atoms with E-state index >= 15 is 0 Å². The van der Waals surface area contributed by atoms with E-state index in [1.165, 1.54) is 4.31 Å². The molecular formula is C20H21N3O6S. The van der Waals surface area contributed by atoms with Gasteiger partial charge in [-0.2, -0.15) is 0 Å². The van der Waals surface area contributed by atoms with Crippen molar-refractivity contribution in [2.24, 2.45) is 0 Å². The Labute approximate surface area is 173 Å². The third-order valence-corrected chi connectivity index (χ3v) is 6.38. The number of carbonyl (C=O) groups excluding carboxylic acids is 2. The molecule has 0 spiro atoms. The first kappa shape index (κ1) is 21.3. The summed E-state index contributed by atoms with van der Waals surface area (Å²) in [7, 11) is -3.33. The Morgan fingerprint density at radius 1 is 1.07 bits per heavy atom. The van der Waals surface area contributed by atoms with Crippen molar-refractivity contribution in [2.45, 2.75) is 12.8 Å². The van der Waals surface area contributed by atoms with Gasteiger partial charge >= 0.3 is 5.97 Å². The average Bonchev–Trinajstić information content (AvgIpc) is 3.07. The van der Waals surface area contributed by atoms with Crippen LogP contribution in [0.25, 0.3) is 0 Å². The molecule has 158 valence electrons. The number of anilines is 2. The first-order chi connectivity index (χ1) is 14.2. The van der Waals surface area contributed by atoms with Gasteiger partial charge in [-0.1, -0.05) is 18.2 Å². The molecule has 3 rings (SSSR count). The van der Waals surface area contributed by atoms with Gasteiger partial charge in [-0.15, -0.1) is 0 Å². The third kappa shape index (κ3) is 5.35. The molecule has 1 aliphatic rings. The summed E-state index contributed by atoms with van der Waals surface area (Å²) >= 11 is 0. The fourth-order valence-corrected chi connectivity index (χ4v) is 4.62. The van der Waals surface area contributed by atoms with E-state index in [0.717, 1.165) is 0 Å². The van der Waals surface area contributed by atoms with E-state index < -0.39 is 28.4 Å². The molecule has 1 saturated heterocycles. The Balaban J connectivity index is 1.63. The maximum Gasteiger partial charge on any atom is 0.322 e. The summed E-state index contributed by atoms with van der Waals surface area (Å²) in [5.74, 6) is -1.82. The molecule has 1 aliphatic heterocycles. The van der Waals surface area contributed by atoms with Gasteiger partial charge in [0.1, 0.15) is 6.54 Å². The second-order valence-electron chi connectivity index (χ2n) is 6.79. The molecule has 0 aliphatic carbocycles. The predicted octanol–water partition coefficient (Wildman–Crippen LogP) is 1.22. The van der Waals surface area contributed by atoms with Crippen molar-refractivity contribution in [3.8, 4) is 0 Å². The molecule has 2 aromatic rings. The van der Waals surface area contributed by atoms with Gasteiger partial charge in [-0.25, -0.2) is 8.42 Å². The summed E-state index contributed by atoms with van der Waals surface area (Å²) < 4.78 is 25.5. The van der Waals surface area contributed by atoms with Crippen LogP contribution in [0.1, 0.15) is 22.3 Å². The molecular weight excluding hydrogens is 410 g/mol. The highest BCUT2D eigenvalue weighted by molar-refractivity contribution is 7.93. The number of carboxylic acids is 1. The van der Waals surface area contributed by atoms with Gasteiger partial charge in [0.15, 0.2) is 0 Å². The number of sulfonamides is 1. The van der Waals surface area contributed by atoms with E-state index in [2.05, 4.69) is 10.6 Å². The normalized spacial score (nSPS) is 14.9. The highest BCUT2D eigenvalue weighted by Crippen LogP contribution is 2.25. The molecule has 1 fully saturated rings. The Hall–Kier alpha value is -3.40. The van der Waals surface area contributed by atoms with Crippen LogP contribution < -0.4 is 14.9 Å². The van der Waals surface area contributed by atoms with Crippen LogP contribution in [0.5, 0.6) is 0 Å². The van der Waals surface area contributed by atoms with Gasteiger partial charge in [-0.05, 0) is 42.3 Å². The number of carboxylic acid groups (broad SMARTS) is 1. The number of amides is 2. The van der Waals surface area contributed by atoms with E-state index in [-0.39, 0.29) is 18.1 Å². The lowest BCUT2D eigenvalue weighted by Crippen LogP contribution is -2.30.